The first-order chi connectivity index (χ1) is 21.7. The first kappa shape index (κ1) is 29.2. The van der Waals surface area contributed by atoms with Crippen LogP contribution in [0, 0.1) is 18.2 Å². The smallest absolute Gasteiger partial charge is 0.407 e. The fraction of sp³-hybridized carbons (Fsp3) is 0.412. The van der Waals surface area contributed by atoms with Crippen molar-refractivity contribution in [3.8, 4) is 29.6 Å². The molecule has 2 aromatic heterocycles. The second kappa shape index (κ2) is 11.1. The number of carbonyl (C=O) groups is 1. The first-order valence-electron chi connectivity index (χ1n) is 15.3. The van der Waals surface area contributed by atoms with Gasteiger partial charge in [-0.15, -0.1) is 6.42 Å². The van der Waals surface area contributed by atoms with Crippen molar-refractivity contribution in [2.75, 3.05) is 37.7 Å². The van der Waals surface area contributed by atoms with Crippen LogP contribution in [0.4, 0.5) is 19.4 Å². The third-order valence-electron chi connectivity index (χ3n) is 9.69. The number of ether oxygens (including phenoxy) is 1. The number of hydrogen-bond acceptors (Lipinski definition) is 7. The van der Waals surface area contributed by atoms with Crippen LogP contribution in [0.25, 0.3) is 32.9 Å². The molecule has 2 aromatic carbocycles. The van der Waals surface area contributed by atoms with Gasteiger partial charge in [-0.05, 0) is 44.7 Å². The molecule has 7 rings (SSSR count). The zero-order valence-corrected chi connectivity index (χ0v) is 25.2. The molecule has 1 amide bonds. The Kier molecular flexibility index (Phi) is 7.20. The number of nitrogens with zero attached hydrogens (tertiary/aromatic N) is 6. The van der Waals surface area contributed by atoms with Gasteiger partial charge in [0.2, 0.25) is 0 Å². The van der Waals surface area contributed by atoms with Gasteiger partial charge in [-0.3, -0.25) is 9.88 Å². The van der Waals surface area contributed by atoms with Crippen molar-refractivity contribution < 1.29 is 23.4 Å². The van der Waals surface area contributed by atoms with E-state index in [4.69, 9.17) is 16.1 Å². The molecule has 232 valence electrons. The molecular weight excluding hydrogens is 578 g/mol. The van der Waals surface area contributed by atoms with E-state index in [2.05, 4.69) is 20.8 Å². The quantitative estimate of drug-likeness (QED) is 0.296. The molecule has 0 spiro atoms. The van der Waals surface area contributed by atoms with E-state index in [-0.39, 0.29) is 42.5 Å². The predicted octanol–water partition coefficient (Wildman–Crippen LogP) is 5.50. The Bertz CT molecular complexity index is 1860. The van der Waals surface area contributed by atoms with E-state index in [1.165, 1.54) is 4.90 Å². The van der Waals surface area contributed by atoms with Gasteiger partial charge in [-0.2, -0.15) is 9.97 Å². The fourth-order valence-electron chi connectivity index (χ4n) is 7.49. The van der Waals surface area contributed by atoms with Crippen molar-refractivity contribution in [3.05, 3.63) is 54.0 Å². The van der Waals surface area contributed by atoms with Crippen LogP contribution in [0.15, 0.2) is 42.6 Å². The monoisotopic (exact) mass is 612 g/mol. The molecule has 3 aliphatic heterocycles. The first-order valence-corrected chi connectivity index (χ1v) is 15.3. The van der Waals surface area contributed by atoms with Gasteiger partial charge in [0.15, 0.2) is 5.82 Å². The van der Waals surface area contributed by atoms with E-state index in [1.807, 2.05) is 49.1 Å². The van der Waals surface area contributed by atoms with Crippen LogP contribution < -0.4 is 9.64 Å². The van der Waals surface area contributed by atoms with E-state index in [0.29, 0.717) is 47.2 Å². The Morgan fingerprint density at radius 3 is 2.73 bits per heavy atom. The number of rotatable bonds is 5. The maximum Gasteiger partial charge on any atom is 0.407 e. The van der Waals surface area contributed by atoms with Crippen LogP contribution in [0.3, 0.4) is 0 Å². The largest absolute Gasteiger partial charge is 0.465 e. The molecule has 0 radical (unpaired) electrons. The lowest BCUT2D eigenvalue weighted by molar-refractivity contribution is 0.107. The van der Waals surface area contributed by atoms with Crippen molar-refractivity contribution in [1.82, 2.24) is 24.8 Å². The molecule has 3 saturated heterocycles. The number of amides is 1. The number of fused-ring (bicyclic) bond motifs is 3. The van der Waals surface area contributed by atoms with Gasteiger partial charge >= 0.3 is 12.1 Å². The SMILES string of the molecule is C#Cc1cccc2cccc(-c3ncc4c(N5C[C@H](C)N(C(=O)O)C[C@H]5C)nc(OC[C@@]56CCCN5C[C@H](F)C6)nc4c3F)c12. The highest BCUT2D eigenvalue weighted by molar-refractivity contribution is 6.02. The lowest BCUT2D eigenvalue weighted by Gasteiger charge is -2.43. The second-order valence-corrected chi connectivity index (χ2v) is 12.5. The lowest BCUT2D eigenvalue weighted by Crippen LogP contribution is -2.58. The van der Waals surface area contributed by atoms with Crippen LogP contribution in [0.1, 0.15) is 38.7 Å². The summed E-state index contributed by atoms with van der Waals surface area (Å²) in [5, 5.41) is 11.7. The number of pyridine rings is 1. The van der Waals surface area contributed by atoms with E-state index in [1.54, 1.807) is 12.3 Å². The zero-order valence-electron chi connectivity index (χ0n) is 25.2. The second-order valence-electron chi connectivity index (χ2n) is 12.5. The summed E-state index contributed by atoms with van der Waals surface area (Å²) in [6, 6.07) is 10.5. The van der Waals surface area contributed by atoms with Crippen LogP contribution >= 0.6 is 0 Å². The molecule has 3 fully saturated rings. The molecule has 0 unspecified atom stereocenters. The summed E-state index contributed by atoms with van der Waals surface area (Å²) in [5.41, 5.74) is 0.856. The van der Waals surface area contributed by atoms with Gasteiger partial charge in [0, 0.05) is 60.8 Å². The van der Waals surface area contributed by atoms with Crippen LogP contribution in [0.2, 0.25) is 0 Å². The third-order valence-corrected chi connectivity index (χ3v) is 9.69. The number of piperazine rings is 1. The molecule has 45 heavy (non-hydrogen) atoms. The molecule has 9 nitrogen and oxygen atoms in total. The molecule has 5 heterocycles. The fourth-order valence-corrected chi connectivity index (χ4v) is 7.49. The number of benzene rings is 2. The van der Waals surface area contributed by atoms with Crippen molar-refractivity contribution in [1.29, 1.82) is 0 Å². The van der Waals surface area contributed by atoms with E-state index in [9.17, 15) is 14.3 Å². The molecular formula is C34H34F2N6O3. The molecule has 0 aliphatic carbocycles. The number of terminal acetylenes is 1. The van der Waals surface area contributed by atoms with Gasteiger partial charge in [0.1, 0.15) is 29.8 Å². The highest BCUT2D eigenvalue weighted by atomic mass is 19.1. The van der Waals surface area contributed by atoms with Crippen molar-refractivity contribution in [2.24, 2.45) is 0 Å². The Morgan fingerprint density at radius 2 is 1.96 bits per heavy atom. The zero-order chi connectivity index (χ0) is 31.5. The maximum atomic E-state index is 16.8. The average Bonchev–Trinajstić information content (AvgIpc) is 3.56. The summed E-state index contributed by atoms with van der Waals surface area (Å²) in [7, 11) is 0. The molecule has 11 heteroatoms. The summed E-state index contributed by atoms with van der Waals surface area (Å²) in [6.07, 6.45) is 7.61. The summed E-state index contributed by atoms with van der Waals surface area (Å²) in [6.45, 7) is 5.68. The van der Waals surface area contributed by atoms with Gasteiger partial charge in [-0.25, -0.2) is 13.6 Å². The van der Waals surface area contributed by atoms with Crippen LogP contribution in [-0.4, -0.2) is 92.5 Å². The summed E-state index contributed by atoms with van der Waals surface area (Å²) in [4.78, 5) is 31.3. The summed E-state index contributed by atoms with van der Waals surface area (Å²) in [5.74, 6) is 2.47. The number of hydrogen-bond donors (Lipinski definition) is 1. The van der Waals surface area contributed by atoms with E-state index in [0.717, 1.165) is 24.8 Å². The molecule has 1 N–H and O–H groups in total. The molecule has 0 saturated carbocycles. The number of anilines is 1. The summed E-state index contributed by atoms with van der Waals surface area (Å²) < 4.78 is 37.5. The summed E-state index contributed by atoms with van der Waals surface area (Å²) >= 11 is 0. The van der Waals surface area contributed by atoms with Gasteiger partial charge in [0.05, 0.1) is 10.9 Å². The molecule has 4 atom stereocenters. The van der Waals surface area contributed by atoms with Crippen molar-refractivity contribution in [3.63, 3.8) is 0 Å². The average molecular weight is 613 g/mol. The minimum Gasteiger partial charge on any atom is -0.465 e. The normalized spacial score (nSPS) is 25.1. The van der Waals surface area contributed by atoms with E-state index < -0.39 is 23.6 Å². The molecule has 4 aromatic rings. The van der Waals surface area contributed by atoms with E-state index >= 15 is 4.39 Å². The Labute approximate surface area is 259 Å². The minimum absolute atomic E-state index is 0.0140. The van der Waals surface area contributed by atoms with Gasteiger partial charge in [-0.1, -0.05) is 36.3 Å². The Morgan fingerprint density at radius 1 is 1.16 bits per heavy atom. The number of aromatic nitrogens is 3. The van der Waals surface area contributed by atoms with Gasteiger partial charge < -0.3 is 19.6 Å². The maximum absolute atomic E-state index is 16.8. The molecule has 0 bridgehead atoms. The lowest BCUT2D eigenvalue weighted by atomic mass is 9.95. The standard InChI is InChI=1S/C34H34F2N6O3/c1-4-22-8-5-9-23-10-6-11-25(27(22)23)29-28(36)30-26(15-37-29)31(41-16-21(3)42(33(43)44)17-20(41)2)39-32(38-30)45-19-34-12-7-13-40(34)18-24(35)14-34/h1,5-6,8-11,15,20-21,24H,7,12-14,16-19H2,2-3H3,(H,43,44)/t20-,21+,24-,34+/m1/s1. The van der Waals surface area contributed by atoms with Gasteiger partial charge in [0.25, 0.3) is 0 Å². The van der Waals surface area contributed by atoms with Crippen LogP contribution in [0.5, 0.6) is 6.01 Å². The highest BCUT2D eigenvalue weighted by Crippen LogP contribution is 2.41. The highest BCUT2D eigenvalue weighted by Gasteiger charge is 2.49. The molecule has 3 aliphatic rings. The van der Waals surface area contributed by atoms with Crippen molar-refractivity contribution >= 4 is 33.6 Å². The Hall–Kier alpha value is -4.56. The van der Waals surface area contributed by atoms with Crippen molar-refractivity contribution in [2.45, 2.75) is 56.9 Å². The Balaban J connectivity index is 1.36. The van der Waals surface area contributed by atoms with Crippen LogP contribution in [-0.2, 0) is 0 Å². The number of alkyl halides is 1. The minimum atomic E-state index is -0.993. The predicted molar refractivity (Wildman–Crippen MR) is 168 cm³/mol. The third kappa shape index (κ3) is 4.88. The number of carboxylic acid groups (broad SMARTS) is 1. The topological polar surface area (TPSA) is 94.9 Å². The number of halogens is 2.